The van der Waals surface area contributed by atoms with Crippen molar-refractivity contribution in [3.8, 4) is 0 Å². The van der Waals surface area contributed by atoms with Crippen molar-refractivity contribution >= 4 is 5.69 Å². The number of hydrogen-bond donors (Lipinski definition) is 2. The van der Waals surface area contributed by atoms with E-state index >= 15 is 0 Å². The number of pyridine rings is 1. The van der Waals surface area contributed by atoms with Crippen LogP contribution in [-0.4, -0.2) is 41.3 Å². The molecule has 1 rings (SSSR count). The van der Waals surface area contributed by atoms with E-state index in [2.05, 4.69) is 4.90 Å². The Morgan fingerprint density at radius 1 is 1.28 bits per heavy atom. The Hall–Kier alpha value is -1.33. The van der Waals surface area contributed by atoms with Gasteiger partial charge in [0.25, 0.3) is 5.56 Å². The van der Waals surface area contributed by atoms with Gasteiger partial charge in [0.05, 0.1) is 0 Å². The van der Waals surface area contributed by atoms with Gasteiger partial charge in [0, 0.05) is 37.6 Å². The van der Waals surface area contributed by atoms with Crippen LogP contribution in [0.4, 0.5) is 5.69 Å². The van der Waals surface area contributed by atoms with Gasteiger partial charge < -0.3 is 20.3 Å². The summed E-state index contributed by atoms with van der Waals surface area (Å²) in [6.07, 6.45) is 4.66. The van der Waals surface area contributed by atoms with E-state index in [0.29, 0.717) is 12.2 Å². The van der Waals surface area contributed by atoms with Crippen molar-refractivity contribution in [1.82, 2.24) is 9.47 Å². The molecule has 0 bridgehead atoms. The first-order valence-corrected chi connectivity index (χ1v) is 6.39. The van der Waals surface area contributed by atoms with Crippen LogP contribution in [0.5, 0.6) is 0 Å². The molecule has 0 unspecified atom stereocenters. The molecule has 102 valence electrons. The highest BCUT2D eigenvalue weighted by molar-refractivity contribution is 5.33. The molecular formula is C13H23N3O2. The normalized spacial score (nSPS) is 11.1. The van der Waals surface area contributed by atoms with Crippen molar-refractivity contribution in [2.45, 2.75) is 25.8 Å². The first kappa shape index (κ1) is 14.7. The highest BCUT2D eigenvalue weighted by Gasteiger charge is 2.01. The Morgan fingerprint density at radius 2 is 2.06 bits per heavy atom. The maximum atomic E-state index is 11.5. The minimum atomic E-state index is -0.0159. The van der Waals surface area contributed by atoms with Crippen LogP contribution in [0.2, 0.25) is 0 Å². The number of likely N-dealkylation sites (N-methyl/N-ethyl adjacent to an activating group) is 1. The molecule has 3 N–H and O–H groups in total. The van der Waals surface area contributed by atoms with Gasteiger partial charge in [0.15, 0.2) is 0 Å². The Bertz CT molecular complexity index is 403. The molecule has 0 aliphatic rings. The van der Waals surface area contributed by atoms with E-state index in [9.17, 15) is 4.79 Å². The highest BCUT2D eigenvalue weighted by atomic mass is 16.2. The van der Waals surface area contributed by atoms with Crippen LogP contribution in [-0.2, 0) is 6.54 Å². The molecule has 0 saturated heterocycles. The molecule has 0 saturated carbocycles. The van der Waals surface area contributed by atoms with Crippen LogP contribution in [0.1, 0.15) is 19.3 Å². The van der Waals surface area contributed by atoms with Gasteiger partial charge in [-0.15, -0.1) is 0 Å². The number of hydrogen-bond acceptors (Lipinski definition) is 4. The molecule has 0 atom stereocenters. The molecule has 0 fully saturated rings. The van der Waals surface area contributed by atoms with E-state index in [4.69, 9.17) is 10.8 Å². The maximum absolute atomic E-state index is 11.5. The molecular weight excluding hydrogens is 230 g/mol. The smallest absolute Gasteiger partial charge is 0.250 e. The predicted molar refractivity (Wildman–Crippen MR) is 73.5 cm³/mol. The Kier molecular flexibility index (Phi) is 6.46. The largest absolute Gasteiger partial charge is 0.398 e. The highest BCUT2D eigenvalue weighted by Crippen LogP contribution is 1.99. The second-order valence-electron chi connectivity index (χ2n) is 4.58. The molecule has 0 aliphatic heterocycles. The van der Waals surface area contributed by atoms with E-state index < -0.39 is 0 Å². The minimum absolute atomic E-state index is 0.0159. The second kappa shape index (κ2) is 7.89. The summed E-state index contributed by atoms with van der Waals surface area (Å²) in [5.41, 5.74) is 6.25. The van der Waals surface area contributed by atoms with Crippen LogP contribution < -0.4 is 11.3 Å². The molecule has 0 spiro atoms. The third kappa shape index (κ3) is 5.33. The van der Waals surface area contributed by atoms with Gasteiger partial charge in [-0.3, -0.25) is 4.79 Å². The molecule has 0 aromatic carbocycles. The summed E-state index contributed by atoms with van der Waals surface area (Å²) in [5.74, 6) is 0. The van der Waals surface area contributed by atoms with Crippen molar-refractivity contribution in [1.29, 1.82) is 0 Å². The zero-order valence-corrected chi connectivity index (χ0v) is 11.0. The summed E-state index contributed by atoms with van der Waals surface area (Å²) in [6.45, 7) is 2.72. The first-order chi connectivity index (χ1) is 8.63. The topological polar surface area (TPSA) is 71.5 Å². The molecule has 18 heavy (non-hydrogen) atoms. The van der Waals surface area contributed by atoms with E-state index in [0.717, 1.165) is 32.4 Å². The Morgan fingerprint density at radius 3 is 2.78 bits per heavy atom. The molecule has 5 heteroatoms. The fourth-order valence-corrected chi connectivity index (χ4v) is 1.79. The standard InChI is InChI=1S/C13H23N3O2/c1-15(7-3-2-4-10-17)8-9-16-11-12(14)5-6-13(16)18/h5-6,11,17H,2-4,7-10,14H2,1H3. The average Bonchev–Trinajstić information content (AvgIpc) is 2.36. The van der Waals surface area contributed by atoms with Gasteiger partial charge in [-0.2, -0.15) is 0 Å². The molecule has 0 aliphatic carbocycles. The number of rotatable bonds is 8. The zero-order valence-electron chi connectivity index (χ0n) is 11.0. The van der Waals surface area contributed by atoms with Gasteiger partial charge in [-0.1, -0.05) is 0 Å². The molecule has 1 heterocycles. The summed E-state index contributed by atoms with van der Waals surface area (Å²) in [6, 6.07) is 3.12. The molecule has 0 amide bonds. The molecule has 1 aromatic heterocycles. The summed E-state index contributed by atoms with van der Waals surface area (Å²) in [5, 5.41) is 8.68. The summed E-state index contributed by atoms with van der Waals surface area (Å²) < 4.78 is 1.64. The summed E-state index contributed by atoms with van der Waals surface area (Å²) in [4.78, 5) is 13.7. The van der Waals surface area contributed by atoms with Crippen LogP contribution >= 0.6 is 0 Å². The fraction of sp³-hybridized carbons (Fsp3) is 0.615. The zero-order chi connectivity index (χ0) is 13.4. The Labute approximate surface area is 108 Å². The number of aliphatic hydroxyl groups excluding tert-OH is 1. The van der Waals surface area contributed by atoms with E-state index in [-0.39, 0.29) is 12.2 Å². The molecule has 5 nitrogen and oxygen atoms in total. The number of anilines is 1. The minimum Gasteiger partial charge on any atom is -0.398 e. The number of aliphatic hydroxyl groups is 1. The van der Waals surface area contributed by atoms with Crippen molar-refractivity contribution < 1.29 is 5.11 Å². The number of aromatic nitrogens is 1. The lowest BCUT2D eigenvalue weighted by Crippen LogP contribution is -2.28. The van der Waals surface area contributed by atoms with Gasteiger partial charge in [0.2, 0.25) is 0 Å². The summed E-state index contributed by atoms with van der Waals surface area (Å²) >= 11 is 0. The van der Waals surface area contributed by atoms with Crippen molar-refractivity contribution in [2.24, 2.45) is 0 Å². The van der Waals surface area contributed by atoms with Crippen LogP contribution in [0.3, 0.4) is 0 Å². The molecule has 1 aromatic rings. The van der Waals surface area contributed by atoms with Gasteiger partial charge >= 0.3 is 0 Å². The maximum Gasteiger partial charge on any atom is 0.250 e. The van der Waals surface area contributed by atoms with Crippen molar-refractivity contribution in [2.75, 3.05) is 32.5 Å². The second-order valence-corrected chi connectivity index (χ2v) is 4.58. The first-order valence-electron chi connectivity index (χ1n) is 6.39. The molecule has 0 radical (unpaired) electrons. The quantitative estimate of drug-likeness (QED) is 0.663. The summed E-state index contributed by atoms with van der Waals surface area (Å²) in [7, 11) is 2.04. The number of nitrogens with zero attached hydrogens (tertiary/aromatic N) is 2. The number of nitrogens with two attached hydrogens (primary N) is 1. The van der Waals surface area contributed by atoms with Crippen molar-refractivity contribution in [3.63, 3.8) is 0 Å². The lowest BCUT2D eigenvalue weighted by molar-refractivity contribution is 0.270. The van der Waals surface area contributed by atoms with Gasteiger partial charge in [0.1, 0.15) is 0 Å². The lowest BCUT2D eigenvalue weighted by Gasteiger charge is -2.17. The number of unbranched alkanes of at least 4 members (excludes halogenated alkanes) is 2. The fourth-order valence-electron chi connectivity index (χ4n) is 1.79. The van der Waals surface area contributed by atoms with Gasteiger partial charge in [-0.25, -0.2) is 0 Å². The lowest BCUT2D eigenvalue weighted by atomic mass is 10.2. The Balaban J connectivity index is 2.31. The van der Waals surface area contributed by atoms with E-state index in [1.807, 2.05) is 7.05 Å². The van der Waals surface area contributed by atoms with Crippen molar-refractivity contribution in [3.05, 3.63) is 28.7 Å². The van der Waals surface area contributed by atoms with Crippen LogP contribution in [0, 0.1) is 0 Å². The number of nitrogen functional groups attached to an aromatic ring is 1. The van der Waals surface area contributed by atoms with Gasteiger partial charge in [-0.05, 0) is 38.9 Å². The average molecular weight is 253 g/mol. The van der Waals surface area contributed by atoms with Crippen LogP contribution in [0.25, 0.3) is 0 Å². The third-order valence-electron chi connectivity index (χ3n) is 2.93. The van der Waals surface area contributed by atoms with E-state index in [1.54, 1.807) is 16.8 Å². The monoisotopic (exact) mass is 253 g/mol. The SMILES string of the molecule is CN(CCCCCO)CCn1cc(N)ccc1=O. The van der Waals surface area contributed by atoms with E-state index in [1.165, 1.54) is 6.07 Å². The predicted octanol–water partition coefficient (Wildman–Crippen LogP) is 0.525. The van der Waals surface area contributed by atoms with Crippen LogP contribution in [0.15, 0.2) is 23.1 Å². The third-order valence-corrected chi connectivity index (χ3v) is 2.93.